The van der Waals surface area contributed by atoms with E-state index < -0.39 is 65.5 Å². The molecule has 220 valence electrons. The van der Waals surface area contributed by atoms with Gasteiger partial charge in [0.05, 0.1) is 14.2 Å². The van der Waals surface area contributed by atoms with Crippen LogP contribution >= 0.6 is 0 Å². The monoisotopic (exact) mass is 670 g/mol. The fourth-order valence-electron chi connectivity index (χ4n) is 13.7. The maximum absolute atomic E-state index is 7.81. The van der Waals surface area contributed by atoms with Gasteiger partial charge in [0.25, 0.3) is 0 Å². The first-order chi connectivity index (χ1) is 16.7. The summed E-state index contributed by atoms with van der Waals surface area (Å²) in [5.74, 6) is 3.07. The Morgan fingerprint density at radius 1 is 0.605 bits per heavy atom. The minimum atomic E-state index is -1.69. The van der Waals surface area contributed by atoms with Crippen LogP contribution in [-0.2, 0) is 4.43 Å². The Kier molecular flexibility index (Phi) is 7.77. The highest BCUT2D eigenvalue weighted by atomic mass is 30.4. The van der Waals surface area contributed by atoms with Crippen LogP contribution in [0.4, 0.5) is 0 Å². The molecule has 10 heteroatoms. The molecule has 38 heavy (non-hydrogen) atoms. The molecule has 0 aromatic rings. The van der Waals surface area contributed by atoms with Gasteiger partial charge in [-0.1, -0.05) is 91.7 Å². The molecule has 5 fully saturated rings. The van der Waals surface area contributed by atoms with Crippen molar-refractivity contribution in [2.45, 2.75) is 150 Å². The summed E-state index contributed by atoms with van der Waals surface area (Å²) in [5.41, 5.74) is 0.493. The summed E-state index contributed by atoms with van der Waals surface area (Å²) in [6.07, 6.45) is 7.85. The molecule has 1 nitrogen and oxygen atoms in total. The zero-order chi connectivity index (χ0) is 29.3. The average Bonchev–Trinajstić information content (AvgIpc) is 2.61. The number of hydrogen-bond donors (Lipinski definition) is 0. The second kappa shape index (κ2) is 9.07. The molecule has 0 radical (unpaired) electrons. The molecule has 0 aromatic carbocycles. The summed E-state index contributed by atoms with van der Waals surface area (Å²) in [7, 11) is -10.9. The molecule has 5 aliphatic rings. The lowest BCUT2D eigenvalue weighted by molar-refractivity contribution is -0.0182. The Labute approximate surface area is 246 Å². The van der Waals surface area contributed by atoms with Crippen LogP contribution in [0.3, 0.4) is 0 Å². The van der Waals surface area contributed by atoms with Crippen LogP contribution in [-0.4, -0.2) is 70.9 Å². The van der Waals surface area contributed by atoms with Crippen LogP contribution in [0.25, 0.3) is 0 Å². The highest BCUT2D eigenvalue weighted by Gasteiger charge is 2.81. The third-order valence-electron chi connectivity index (χ3n) is 13.7. The van der Waals surface area contributed by atoms with Gasteiger partial charge in [0, 0.05) is 53.8 Å². The molecule has 4 bridgehead atoms. The van der Waals surface area contributed by atoms with Crippen molar-refractivity contribution in [3.8, 4) is 0 Å². The van der Waals surface area contributed by atoms with Crippen LogP contribution in [0.1, 0.15) is 38.5 Å². The second-order valence-electron chi connectivity index (χ2n) is 19.9. The Morgan fingerprint density at radius 2 is 0.921 bits per heavy atom. The van der Waals surface area contributed by atoms with E-state index in [0.29, 0.717) is 5.41 Å². The van der Waals surface area contributed by atoms with E-state index in [4.69, 9.17) is 4.43 Å². The molecule has 1 aliphatic heterocycles. The van der Waals surface area contributed by atoms with E-state index in [9.17, 15) is 0 Å². The van der Waals surface area contributed by atoms with Crippen LogP contribution < -0.4 is 0 Å². The molecule has 1 heterocycles. The second-order valence-corrected chi connectivity index (χ2v) is 116. The van der Waals surface area contributed by atoms with Gasteiger partial charge in [-0.3, -0.25) is 0 Å². The normalized spacial score (nSPS) is 36.8. The summed E-state index contributed by atoms with van der Waals surface area (Å²) in [6.45, 7) is 49.6. The van der Waals surface area contributed by atoms with Crippen molar-refractivity contribution in [2.75, 3.05) is 0 Å². The van der Waals surface area contributed by atoms with E-state index >= 15 is 0 Å². The van der Waals surface area contributed by atoms with E-state index in [2.05, 4.69) is 111 Å². The van der Waals surface area contributed by atoms with Gasteiger partial charge < -0.3 is 4.43 Å². The lowest BCUT2D eigenvalue weighted by atomic mass is 9.50. The topological polar surface area (TPSA) is 9.23 Å². The van der Waals surface area contributed by atoms with E-state index in [1.807, 2.05) is 5.35 Å². The van der Waals surface area contributed by atoms with Crippen molar-refractivity contribution in [1.82, 2.24) is 0 Å². The van der Waals surface area contributed by atoms with Gasteiger partial charge in [-0.25, -0.2) is 0 Å². The number of hydrogen-bond acceptors (Lipinski definition) is 1. The third-order valence-corrected chi connectivity index (χ3v) is 227. The fourth-order valence-corrected chi connectivity index (χ4v) is 426. The molecule has 1 saturated heterocycles. The van der Waals surface area contributed by atoms with Gasteiger partial charge in [-0.05, 0) is 75.9 Å². The van der Waals surface area contributed by atoms with Gasteiger partial charge in [-0.2, -0.15) is 0 Å². The molecule has 5 rings (SSSR count). The Hall–Kier alpha value is 1.62. The molecule has 0 spiro atoms. The molecule has 4 saturated carbocycles. The molecule has 0 atom stereocenters. The zero-order valence-corrected chi connectivity index (χ0v) is 37.9. The van der Waals surface area contributed by atoms with Crippen LogP contribution in [0.15, 0.2) is 0 Å². The predicted molar refractivity (Wildman–Crippen MR) is 198 cm³/mol. The first-order valence-corrected chi connectivity index (χ1v) is 50.1. The largest absolute Gasteiger partial charge is 0.552 e. The van der Waals surface area contributed by atoms with Crippen molar-refractivity contribution in [3.63, 3.8) is 0 Å². The minimum absolute atomic E-state index is 0.493. The Morgan fingerprint density at radius 3 is 1.18 bits per heavy atom. The lowest BCUT2D eigenvalue weighted by Gasteiger charge is -2.76. The minimum Gasteiger partial charge on any atom is -0.552 e. The quantitative estimate of drug-likeness (QED) is 0.266. The van der Waals surface area contributed by atoms with Crippen LogP contribution in [0.5, 0.6) is 0 Å². The van der Waals surface area contributed by atoms with Crippen LogP contribution in [0, 0.1) is 23.2 Å². The maximum atomic E-state index is 7.81. The van der Waals surface area contributed by atoms with Crippen molar-refractivity contribution >= 4 is 70.9 Å². The van der Waals surface area contributed by atoms with Gasteiger partial charge >= 0.3 is 0 Å². The smallest absolute Gasteiger partial charge is 0.241 e. The SMILES string of the molecule is C[Si](C)(C)OC(=[Si]1[Si](C)(C)[Si](C)(C)[Si]([Si](C)(C)C)([Si](C)(C)C)[Si](C)(C)[Si]1(C)C)C12CC3CC(CC(C3)C1)C2. The third kappa shape index (κ3) is 4.20. The van der Waals surface area contributed by atoms with Gasteiger partial charge in [0.1, 0.15) is 0 Å². The molecular weight excluding hydrogens is 605 g/mol. The molecule has 0 amide bonds. The molecule has 0 N–H and O–H groups in total. The molecular formula is C28H66OSi9. The summed E-state index contributed by atoms with van der Waals surface area (Å²) in [5, 5.41) is 1.93. The summed E-state index contributed by atoms with van der Waals surface area (Å²) < 4.78 is 7.81. The van der Waals surface area contributed by atoms with E-state index in [-0.39, 0.29) is 0 Å². The van der Waals surface area contributed by atoms with Crippen molar-refractivity contribution in [3.05, 3.63) is 0 Å². The molecule has 0 unspecified atom stereocenters. The summed E-state index contributed by atoms with van der Waals surface area (Å²) in [6, 6.07) is 0. The van der Waals surface area contributed by atoms with Gasteiger partial charge in [0.2, 0.25) is 8.32 Å². The van der Waals surface area contributed by atoms with Crippen molar-refractivity contribution < 1.29 is 4.43 Å². The van der Waals surface area contributed by atoms with Crippen molar-refractivity contribution in [2.24, 2.45) is 23.2 Å². The zero-order valence-electron chi connectivity index (χ0n) is 28.9. The average molecular weight is 672 g/mol. The highest BCUT2D eigenvalue weighted by molar-refractivity contribution is 8.26. The molecule has 0 aromatic heterocycles. The fraction of sp³-hybridized carbons (Fsp3) is 0.964. The highest BCUT2D eigenvalue weighted by Crippen LogP contribution is 2.62. The molecule has 4 aliphatic carbocycles. The first-order valence-electron chi connectivity index (χ1n) is 16.1. The Bertz CT molecular complexity index is 924. The summed E-state index contributed by atoms with van der Waals surface area (Å²) in [4.78, 5) is 0. The number of rotatable bonds is 5. The van der Waals surface area contributed by atoms with E-state index in [1.165, 1.54) is 19.3 Å². The van der Waals surface area contributed by atoms with Crippen molar-refractivity contribution in [1.29, 1.82) is 0 Å². The summed E-state index contributed by atoms with van der Waals surface area (Å²) >= 11 is 0. The van der Waals surface area contributed by atoms with E-state index in [0.717, 1.165) is 17.8 Å². The van der Waals surface area contributed by atoms with Gasteiger partial charge in [0.15, 0.2) is 0 Å². The van der Waals surface area contributed by atoms with Gasteiger partial charge in [-0.15, -0.1) is 0 Å². The first kappa shape index (κ1) is 32.5. The standard InChI is InChI=1S/C28H66OSi9/c1-31(2,3)29-27(28-21-24-18-25(22-28)20-26(19-24)23-28)30-34(10,11)36(14,15)38(32(4,5)6,33(7,8)9)37(16,17)35(30,12)13/h24-26H,18-23H2,1-17H3. The van der Waals surface area contributed by atoms with E-state index in [1.54, 1.807) is 19.3 Å². The van der Waals surface area contributed by atoms with Crippen LogP contribution in [0.2, 0.25) is 111 Å². The maximum Gasteiger partial charge on any atom is 0.241 e. The predicted octanol–water partition coefficient (Wildman–Crippen LogP) is 8.86. The lowest BCUT2D eigenvalue weighted by Crippen LogP contribution is -3.07. The Balaban J connectivity index is 2.13.